The standard InChI is InChI=1S/C21H27ClN6O/c1-2-3-5-12-24-21(25-15-23)28-14-18(27-13-6-4-7-19(27)29)20(26-28)16-8-10-17(22)11-9-16/h8-11,18H,2-7,12-14H2,1H3,(H,24,25). The minimum Gasteiger partial charge on any atom is -0.332 e. The van der Waals surface area contributed by atoms with E-state index in [2.05, 4.69) is 17.2 Å². The quantitative estimate of drug-likeness (QED) is 0.254. The summed E-state index contributed by atoms with van der Waals surface area (Å²) >= 11 is 6.05. The molecule has 1 aromatic rings. The number of carbonyl (C=O) groups excluding carboxylic acids is 1. The molecule has 2 aliphatic rings. The maximum absolute atomic E-state index is 12.6. The number of carbonyl (C=O) groups is 1. The number of hydrogen-bond acceptors (Lipinski definition) is 4. The number of amides is 1. The monoisotopic (exact) mass is 414 g/mol. The van der Waals surface area contributed by atoms with E-state index in [1.54, 1.807) is 5.01 Å². The molecule has 1 amide bonds. The van der Waals surface area contributed by atoms with Gasteiger partial charge in [-0.1, -0.05) is 43.5 Å². The lowest BCUT2D eigenvalue weighted by Gasteiger charge is -2.33. The van der Waals surface area contributed by atoms with Crippen LogP contribution in [-0.2, 0) is 4.79 Å². The summed E-state index contributed by atoms with van der Waals surface area (Å²) in [5, 5.41) is 19.0. The van der Waals surface area contributed by atoms with Crippen LogP contribution in [0.3, 0.4) is 0 Å². The summed E-state index contributed by atoms with van der Waals surface area (Å²) in [6.45, 7) is 3.97. The predicted octanol–water partition coefficient (Wildman–Crippen LogP) is 3.36. The molecular formula is C21H27ClN6O. The first-order chi connectivity index (χ1) is 14.1. The fourth-order valence-electron chi connectivity index (χ4n) is 3.68. The van der Waals surface area contributed by atoms with Gasteiger partial charge in [-0.15, -0.1) is 0 Å². The molecule has 2 aliphatic heterocycles. The number of aliphatic imine (C=N–C) groups is 1. The molecule has 0 aromatic heterocycles. The van der Waals surface area contributed by atoms with Gasteiger partial charge in [0.1, 0.15) is 0 Å². The van der Waals surface area contributed by atoms with Crippen LogP contribution in [0.25, 0.3) is 0 Å². The van der Waals surface area contributed by atoms with Crippen molar-refractivity contribution in [3.8, 4) is 6.19 Å². The molecule has 0 bridgehead atoms. The summed E-state index contributed by atoms with van der Waals surface area (Å²) in [5.74, 6) is 0.585. The highest BCUT2D eigenvalue weighted by Gasteiger charge is 2.37. The molecule has 154 valence electrons. The summed E-state index contributed by atoms with van der Waals surface area (Å²) in [6.07, 6.45) is 7.61. The summed E-state index contributed by atoms with van der Waals surface area (Å²) in [7, 11) is 0. The van der Waals surface area contributed by atoms with Crippen LogP contribution in [0.4, 0.5) is 0 Å². The number of nitriles is 1. The summed E-state index contributed by atoms with van der Waals surface area (Å²) in [6, 6.07) is 7.31. The molecule has 1 saturated heterocycles. The SMILES string of the molecule is CCCCCN=C(NC#N)N1CC(N2CCCCC2=O)C(c2ccc(Cl)cc2)=N1. The second-order valence-corrected chi connectivity index (χ2v) is 7.72. The highest BCUT2D eigenvalue weighted by molar-refractivity contribution is 6.30. The Hall–Kier alpha value is -2.59. The minimum atomic E-state index is -0.176. The number of likely N-dealkylation sites (tertiary alicyclic amines) is 1. The van der Waals surface area contributed by atoms with Crippen LogP contribution < -0.4 is 5.32 Å². The van der Waals surface area contributed by atoms with Crippen LogP contribution in [0.2, 0.25) is 5.02 Å². The van der Waals surface area contributed by atoms with Crippen molar-refractivity contribution in [2.45, 2.75) is 51.5 Å². The van der Waals surface area contributed by atoms with E-state index in [1.165, 1.54) is 0 Å². The van der Waals surface area contributed by atoms with Gasteiger partial charge < -0.3 is 4.90 Å². The average molecular weight is 415 g/mol. The number of halogens is 1. The van der Waals surface area contributed by atoms with Crippen molar-refractivity contribution >= 4 is 29.2 Å². The number of hydrazone groups is 1. The number of benzene rings is 1. The molecule has 29 heavy (non-hydrogen) atoms. The van der Waals surface area contributed by atoms with Crippen molar-refractivity contribution in [2.75, 3.05) is 19.6 Å². The Balaban J connectivity index is 1.89. The number of unbranched alkanes of at least 4 members (excludes halogenated alkanes) is 2. The van der Waals surface area contributed by atoms with Crippen molar-refractivity contribution in [3.05, 3.63) is 34.9 Å². The molecule has 1 N–H and O–H groups in total. The second-order valence-electron chi connectivity index (χ2n) is 7.28. The van der Waals surface area contributed by atoms with Crippen molar-refractivity contribution in [3.63, 3.8) is 0 Å². The van der Waals surface area contributed by atoms with E-state index in [4.69, 9.17) is 16.7 Å². The van der Waals surface area contributed by atoms with Gasteiger partial charge >= 0.3 is 0 Å². The van der Waals surface area contributed by atoms with Crippen LogP contribution in [0, 0.1) is 11.5 Å². The van der Waals surface area contributed by atoms with E-state index in [0.29, 0.717) is 30.5 Å². The first kappa shape index (κ1) is 21.1. The maximum Gasteiger partial charge on any atom is 0.228 e. The molecule has 1 unspecified atom stereocenters. The Kier molecular flexibility index (Phi) is 7.48. The van der Waals surface area contributed by atoms with Gasteiger partial charge in [0, 0.05) is 30.1 Å². The van der Waals surface area contributed by atoms with Gasteiger partial charge in [0.05, 0.1) is 18.3 Å². The summed E-state index contributed by atoms with van der Waals surface area (Å²) in [4.78, 5) is 19.1. The maximum atomic E-state index is 12.6. The zero-order chi connectivity index (χ0) is 20.6. The van der Waals surface area contributed by atoms with Gasteiger partial charge in [-0.3, -0.25) is 15.1 Å². The third kappa shape index (κ3) is 5.27. The molecule has 1 fully saturated rings. The Morgan fingerprint density at radius 1 is 1.34 bits per heavy atom. The van der Waals surface area contributed by atoms with Crippen LogP contribution in [-0.4, -0.2) is 53.2 Å². The Morgan fingerprint density at radius 3 is 2.83 bits per heavy atom. The van der Waals surface area contributed by atoms with Crippen molar-refractivity contribution in [1.82, 2.24) is 15.2 Å². The molecule has 0 aliphatic carbocycles. The fourth-order valence-corrected chi connectivity index (χ4v) is 3.80. The lowest BCUT2D eigenvalue weighted by atomic mass is 10.00. The molecule has 8 heteroatoms. The van der Waals surface area contributed by atoms with Crippen molar-refractivity contribution in [2.24, 2.45) is 10.1 Å². The zero-order valence-corrected chi connectivity index (χ0v) is 17.5. The van der Waals surface area contributed by atoms with Gasteiger partial charge in [0.25, 0.3) is 0 Å². The van der Waals surface area contributed by atoms with E-state index in [0.717, 1.165) is 49.9 Å². The molecule has 0 saturated carbocycles. The van der Waals surface area contributed by atoms with Crippen LogP contribution in [0.5, 0.6) is 0 Å². The van der Waals surface area contributed by atoms with E-state index >= 15 is 0 Å². The number of hydrogen-bond donors (Lipinski definition) is 1. The average Bonchev–Trinajstić information content (AvgIpc) is 3.16. The normalized spacial score (nSPS) is 19.9. The lowest BCUT2D eigenvalue weighted by Crippen LogP contribution is -2.49. The van der Waals surface area contributed by atoms with E-state index in [-0.39, 0.29) is 11.9 Å². The lowest BCUT2D eigenvalue weighted by molar-refractivity contribution is -0.134. The first-order valence-corrected chi connectivity index (χ1v) is 10.6. The molecular weight excluding hydrogens is 388 g/mol. The highest BCUT2D eigenvalue weighted by atomic mass is 35.5. The molecule has 7 nitrogen and oxygen atoms in total. The number of nitrogens with one attached hydrogen (secondary N) is 1. The topological polar surface area (TPSA) is 84.1 Å². The number of nitrogens with zero attached hydrogens (tertiary/aromatic N) is 5. The minimum absolute atomic E-state index is 0.152. The molecule has 1 atom stereocenters. The zero-order valence-electron chi connectivity index (χ0n) is 16.8. The molecule has 1 aromatic carbocycles. The van der Waals surface area contributed by atoms with Gasteiger partial charge in [-0.05, 0) is 31.4 Å². The van der Waals surface area contributed by atoms with Gasteiger partial charge in [0.15, 0.2) is 6.19 Å². The molecule has 3 rings (SSSR count). The Morgan fingerprint density at radius 2 is 2.14 bits per heavy atom. The molecule has 0 spiro atoms. The van der Waals surface area contributed by atoms with Gasteiger partial charge in [0.2, 0.25) is 11.9 Å². The number of rotatable bonds is 6. The van der Waals surface area contributed by atoms with E-state index < -0.39 is 0 Å². The van der Waals surface area contributed by atoms with Crippen LogP contribution in [0.1, 0.15) is 51.0 Å². The first-order valence-electron chi connectivity index (χ1n) is 10.2. The Labute approximate surface area is 177 Å². The van der Waals surface area contributed by atoms with Gasteiger partial charge in [-0.2, -0.15) is 10.4 Å². The fraction of sp³-hybridized carbons (Fsp3) is 0.524. The second kappa shape index (κ2) is 10.3. The predicted molar refractivity (Wildman–Crippen MR) is 115 cm³/mol. The van der Waals surface area contributed by atoms with E-state index in [1.807, 2.05) is 35.4 Å². The number of piperidine rings is 1. The third-order valence-electron chi connectivity index (χ3n) is 5.20. The van der Waals surface area contributed by atoms with Crippen LogP contribution in [0.15, 0.2) is 34.4 Å². The largest absolute Gasteiger partial charge is 0.332 e. The third-order valence-corrected chi connectivity index (χ3v) is 5.45. The summed E-state index contributed by atoms with van der Waals surface area (Å²) in [5.41, 5.74) is 1.72. The van der Waals surface area contributed by atoms with Crippen LogP contribution >= 0.6 is 11.6 Å². The Bertz CT molecular complexity index is 813. The number of guanidine groups is 1. The summed E-state index contributed by atoms with van der Waals surface area (Å²) < 4.78 is 0. The smallest absolute Gasteiger partial charge is 0.228 e. The van der Waals surface area contributed by atoms with Crippen molar-refractivity contribution < 1.29 is 4.79 Å². The highest BCUT2D eigenvalue weighted by Crippen LogP contribution is 2.24. The molecule has 0 radical (unpaired) electrons. The van der Waals surface area contributed by atoms with E-state index in [9.17, 15) is 10.1 Å². The molecule has 2 heterocycles. The van der Waals surface area contributed by atoms with Crippen molar-refractivity contribution in [1.29, 1.82) is 5.26 Å². The van der Waals surface area contributed by atoms with Gasteiger partial charge in [-0.25, -0.2) is 5.01 Å².